The number of hydrogen-bond donors (Lipinski definition) is 0. The van der Waals surface area contributed by atoms with Gasteiger partial charge in [0.2, 0.25) is 11.6 Å². The predicted octanol–water partition coefficient (Wildman–Crippen LogP) is 3.47. The monoisotopic (exact) mass is 667 g/mol. The van der Waals surface area contributed by atoms with E-state index in [1.807, 2.05) is 14.7 Å². The molecular weight excluding hydrogens is 637 g/mol. The fourth-order valence-corrected chi connectivity index (χ4v) is 6.76. The fraction of sp³-hybridized carbons (Fsp3) is 0.200. The third-order valence-electron chi connectivity index (χ3n) is 6.53. The Morgan fingerprint density at radius 2 is 0.872 bits per heavy atom. The Labute approximate surface area is 256 Å². The number of hydrogen-bond acceptors (Lipinski definition) is 5. The standard InChI is InChI=1S/C18H15P.C12H13N3O2.2ClH.Ru/c1-4-10-16(11-5-1)19(17-12-6-2-7-13-17)18-14-8-3-9-15-18;16-9-7-8(13-1-2-13)12(17)11(15-5-6-15)10(9)14-3-4-14;;;/h1-15H;7H,1-6H2;2*1H;. The molecule has 3 aromatic rings. The van der Waals surface area contributed by atoms with Crippen LogP contribution in [0, 0.1) is 0 Å². The van der Waals surface area contributed by atoms with Crippen LogP contribution in [0.15, 0.2) is 114 Å². The molecule has 4 aliphatic rings. The molecule has 3 heterocycles. The molecule has 5 nitrogen and oxygen atoms in total. The second-order valence-corrected chi connectivity index (χ2v) is 11.4. The zero-order chi connectivity index (χ0) is 24.5. The van der Waals surface area contributed by atoms with E-state index in [-0.39, 0.29) is 55.9 Å². The molecule has 3 saturated heterocycles. The first-order chi connectivity index (χ1) is 17.7. The summed E-state index contributed by atoms with van der Waals surface area (Å²) >= 11 is 0. The van der Waals surface area contributed by atoms with Gasteiger partial charge < -0.3 is 14.7 Å². The van der Waals surface area contributed by atoms with Crippen molar-refractivity contribution >= 4 is 60.2 Å². The van der Waals surface area contributed by atoms with Crippen LogP contribution in [0.3, 0.4) is 0 Å². The number of nitrogens with zero attached hydrogens (tertiary/aromatic N) is 3. The van der Waals surface area contributed by atoms with Crippen molar-refractivity contribution in [1.29, 1.82) is 0 Å². The van der Waals surface area contributed by atoms with Crippen molar-refractivity contribution in [3.63, 3.8) is 0 Å². The number of carbonyl (C=O) groups is 2. The number of ketones is 2. The molecule has 39 heavy (non-hydrogen) atoms. The van der Waals surface area contributed by atoms with Crippen molar-refractivity contribution in [2.75, 3.05) is 39.3 Å². The van der Waals surface area contributed by atoms with E-state index in [1.54, 1.807) is 0 Å². The predicted molar refractivity (Wildman–Crippen MR) is 159 cm³/mol. The molecule has 7 rings (SSSR count). The van der Waals surface area contributed by atoms with Gasteiger partial charge in [-0.25, -0.2) is 0 Å². The molecular formula is C30H30Cl2N3O2PRu. The van der Waals surface area contributed by atoms with Gasteiger partial charge in [0.25, 0.3) is 0 Å². The van der Waals surface area contributed by atoms with Crippen LogP contribution < -0.4 is 15.9 Å². The Hall–Kier alpha value is -2.49. The van der Waals surface area contributed by atoms with Crippen molar-refractivity contribution in [1.82, 2.24) is 14.7 Å². The first-order valence-electron chi connectivity index (χ1n) is 12.5. The van der Waals surface area contributed by atoms with Gasteiger partial charge in [-0.3, -0.25) is 9.59 Å². The Morgan fingerprint density at radius 1 is 0.513 bits per heavy atom. The van der Waals surface area contributed by atoms with Crippen molar-refractivity contribution in [3.8, 4) is 0 Å². The minimum absolute atomic E-state index is 0. The summed E-state index contributed by atoms with van der Waals surface area (Å²) in [5, 5.41) is 4.19. The van der Waals surface area contributed by atoms with Gasteiger partial charge in [0, 0.05) is 64.8 Å². The molecule has 0 aromatic heterocycles. The molecule has 0 N–H and O–H groups in total. The van der Waals surface area contributed by atoms with Crippen LogP contribution in [0.25, 0.3) is 0 Å². The molecule has 0 saturated carbocycles. The van der Waals surface area contributed by atoms with E-state index in [0.717, 1.165) is 39.3 Å². The van der Waals surface area contributed by atoms with Crippen LogP contribution in [0.5, 0.6) is 0 Å². The van der Waals surface area contributed by atoms with Gasteiger partial charge >= 0.3 is 0 Å². The summed E-state index contributed by atoms with van der Waals surface area (Å²) in [6.45, 7) is 5.41. The molecule has 1 aliphatic carbocycles. The van der Waals surface area contributed by atoms with E-state index in [9.17, 15) is 9.59 Å². The van der Waals surface area contributed by atoms with Crippen molar-refractivity contribution < 1.29 is 29.1 Å². The van der Waals surface area contributed by atoms with Crippen LogP contribution in [-0.4, -0.2) is 65.5 Å². The first-order valence-corrected chi connectivity index (χ1v) is 13.8. The second-order valence-electron chi connectivity index (χ2n) is 9.22. The summed E-state index contributed by atoms with van der Waals surface area (Å²) in [6, 6.07) is 32.3. The maximum Gasteiger partial charge on any atom is 0.227 e. The van der Waals surface area contributed by atoms with Crippen LogP contribution >= 0.6 is 32.7 Å². The molecule has 3 fully saturated rings. The van der Waals surface area contributed by atoms with Crippen LogP contribution in [0.2, 0.25) is 0 Å². The molecule has 0 spiro atoms. The minimum Gasteiger partial charge on any atom is -0.365 e. The molecule has 3 aliphatic heterocycles. The molecule has 9 heteroatoms. The number of benzene rings is 3. The Balaban J connectivity index is 0.000000201. The van der Waals surface area contributed by atoms with Gasteiger partial charge in [-0.15, -0.1) is 24.8 Å². The molecule has 0 bridgehead atoms. The van der Waals surface area contributed by atoms with Gasteiger partial charge in [0.1, 0.15) is 11.4 Å². The number of Topliss-reactive ketones (excluding diaryl/α,β-unsaturated/α-hetero) is 1. The molecule has 0 radical (unpaired) electrons. The number of halogens is 2. The van der Waals surface area contributed by atoms with Crippen molar-refractivity contribution in [2.24, 2.45) is 0 Å². The van der Waals surface area contributed by atoms with Gasteiger partial charge in [-0.2, -0.15) is 0 Å². The Morgan fingerprint density at radius 3 is 1.23 bits per heavy atom. The van der Waals surface area contributed by atoms with Gasteiger partial charge in [0.05, 0.1) is 5.70 Å². The number of allylic oxidation sites excluding steroid dienone is 1. The largest absolute Gasteiger partial charge is 0.365 e. The third kappa shape index (κ3) is 7.18. The van der Waals surface area contributed by atoms with Crippen molar-refractivity contribution in [3.05, 3.63) is 114 Å². The first kappa shape index (κ1) is 31.0. The second kappa shape index (κ2) is 13.7. The summed E-state index contributed by atoms with van der Waals surface area (Å²) in [7, 11) is -0.446. The summed E-state index contributed by atoms with van der Waals surface area (Å²) in [5.74, 6) is 0.0485. The third-order valence-corrected chi connectivity index (χ3v) is 8.97. The molecule has 204 valence electrons. The maximum absolute atomic E-state index is 12.4. The Kier molecular flexibility index (Phi) is 10.9. The van der Waals surface area contributed by atoms with E-state index in [4.69, 9.17) is 0 Å². The number of rotatable bonds is 6. The summed E-state index contributed by atoms with van der Waals surface area (Å²) in [6.07, 6.45) is 1.52. The van der Waals surface area contributed by atoms with Gasteiger partial charge in [-0.1, -0.05) is 91.0 Å². The van der Waals surface area contributed by atoms with Crippen LogP contribution in [0.1, 0.15) is 0 Å². The summed E-state index contributed by atoms with van der Waals surface area (Å²) in [5.41, 5.74) is 1.89. The van der Waals surface area contributed by atoms with E-state index < -0.39 is 7.92 Å². The Bertz CT molecular complexity index is 1250. The summed E-state index contributed by atoms with van der Waals surface area (Å²) in [4.78, 5) is 30.5. The number of carbonyl (C=O) groups excluding carboxylic acids is 2. The SMILES string of the molecule is Cl.Cl.O=C1C=C(N2CC2)C(=O)C(N2CC2)=C1N1CC1.[Ru].c1ccc(P(c2ccccc2)c2ccccc2)cc1. The smallest absolute Gasteiger partial charge is 0.227 e. The molecule has 0 unspecified atom stereocenters. The quantitative estimate of drug-likeness (QED) is 0.175. The summed E-state index contributed by atoms with van der Waals surface area (Å²) < 4.78 is 0. The van der Waals surface area contributed by atoms with Crippen LogP contribution in [0.4, 0.5) is 0 Å². The average Bonchev–Trinajstić information content (AvgIpc) is 3.77. The zero-order valence-corrected chi connectivity index (χ0v) is 25.5. The van der Waals surface area contributed by atoms with E-state index >= 15 is 0 Å². The molecule has 0 amide bonds. The average molecular weight is 668 g/mol. The van der Waals surface area contributed by atoms with E-state index in [2.05, 4.69) is 91.0 Å². The van der Waals surface area contributed by atoms with E-state index in [1.165, 1.54) is 22.0 Å². The fourth-order valence-electron chi connectivity index (χ4n) is 4.45. The molecule has 0 atom stereocenters. The maximum atomic E-state index is 12.4. The normalized spacial score (nSPS) is 16.7. The topological polar surface area (TPSA) is 43.2 Å². The van der Waals surface area contributed by atoms with Gasteiger partial charge in [0.15, 0.2) is 0 Å². The van der Waals surface area contributed by atoms with Crippen LogP contribution in [-0.2, 0) is 29.1 Å². The minimum atomic E-state index is -0.446. The zero-order valence-electron chi connectivity index (χ0n) is 21.3. The van der Waals surface area contributed by atoms with Gasteiger partial charge in [-0.05, 0) is 23.8 Å². The molecule has 3 aromatic carbocycles. The van der Waals surface area contributed by atoms with Crippen molar-refractivity contribution in [2.45, 2.75) is 0 Å². The van der Waals surface area contributed by atoms with E-state index in [0.29, 0.717) is 17.1 Å².